The zero-order valence-corrected chi connectivity index (χ0v) is 36.7. The van der Waals surface area contributed by atoms with E-state index in [0.29, 0.717) is 31.4 Å². The van der Waals surface area contributed by atoms with E-state index >= 15 is 0 Å². The molecule has 6 aromatic rings. The Morgan fingerprint density at radius 2 is 1.50 bits per heavy atom. The van der Waals surface area contributed by atoms with E-state index in [1.54, 1.807) is 12.4 Å². The summed E-state index contributed by atoms with van der Waals surface area (Å²) in [6.45, 7) is 18.6. The number of amides is 1. The van der Waals surface area contributed by atoms with Crippen LogP contribution in [-0.2, 0) is 27.2 Å². The first-order valence-corrected chi connectivity index (χ1v) is 25.9. The second kappa shape index (κ2) is 17.9. The quantitative estimate of drug-likeness (QED) is 0.0766. The molecule has 0 radical (unpaired) electrons. The standard InChI is InChI=1S/C46H56N6O4Si2/c1-46(2,3)58(40-13-9-7-10-14-40,41-15-11-8-12-16-41)55-34-45(53)51-25-23-50(24-26-51)33-36-29-37-17-19-39(30-42(37)47-31-36)56-44-20-18-38(32-48-44)43-21-22-49-52(43)35-54-27-28-57(4,5)6/h7-22,29-32H,23-28,33-35H2,1-6H3. The van der Waals surface area contributed by atoms with Gasteiger partial charge in [-0.2, -0.15) is 5.10 Å². The summed E-state index contributed by atoms with van der Waals surface area (Å²) in [5.41, 5.74) is 3.88. The number of piperazine rings is 1. The van der Waals surface area contributed by atoms with Crippen LogP contribution < -0.4 is 15.1 Å². The molecular formula is C46H56N6O4Si2. The van der Waals surface area contributed by atoms with Crippen LogP contribution in [0.4, 0.5) is 0 Å². The number of pyridine rings is 2. The van der Waals surface area contributed by atoms with Crippen LogP contribution in [0.15, 0.2) is 122 Å². The average Bonchev–Trinajstić information content (AvgIpc) is 3.69. The number of nitrogens with zero attached hydrogens (tertiary/aromatic N) is 6. The van der Waals surface area contributed by atoms with E-state index in [0.717, 1.165) is 60.0 Å². The SMILES string of the molecule is CC(C)(C)[Si](OCC(=O)N1CCN(Cc2cnc3cc(Oc4ccc(-c5ccnn5COCC[Si](C)(C)C)cn4)ccc3c2)CC1)(c1ccccc1)c1ccccc1. The highest BCUT2D eigenvalue weighted by molar-refractivity contribution is 6.99. The van der Waals surface area contributed by atoms with Gasteiger partial charge in [-0.25, -0.2) is 9.67 Å². The van der Waals surface area contributed by atoms with Gasteiger partial charge in [-0.15, -0.1) is 0 Å². The average molecular weight is 813 g/mol. The summed E-state index contributed by atoms with van der Waals surface area (Å²) in [6, 6.07) is 36.0. The lowest BCUT2D eigenvalue weighted by molar-refractivity contribution is -0.135. The molecule has 0 unspecified atom stereocenters. The fraction of sp³-hybridized carbons (Fsp3) is 0.348. The van der Waals surface area contributed by atoms with E-state index in [-0.39, 0.29) is 17.6 Å². The molecule has 7 rings (SSSR count). The van der Waals surface area contributed by atoms with Crippen LogP contribution in [0.2, 0.25) is 30.7 Å². The van der Waals surface area contributed by atoms with Crippen molar-refractivity contribution in [2.45, 2.75) is 64.8 Å². The summed E-state index contributed by atoms with van der Waals surface area (Å²) in [5, 5.41) is 7.66. The van der Waals surface area contributed by atoms with Gasteiger partial charge >= 0.3 is 0 Å². The Morgan fingerprint density at radius 1 is 0.793 bits per heavy atom. The van der Waals surface area contributed by atoms with Crippen molar-refractivity contribution < 1.29 is 18.7 Å². The van der Waals surface area contributed by atoms with Gasteiger partial charge in [-0.05, 0) is 57.4 Å². The van der Waals surface area contributed by atoms with Crippen molar-refractivity contribution in [3.05, 3.63) is 127 Å². The van der Waals surface area contributed by atoms with E-state index in [1.165, 1.54) is 10.4 Å². The number of rotatable bonds is 15. The molecule has 0 aliphatic carbocycles. The number of carbonyl (C=O) groups is 1. The smallest absolute Gasteiger partial charge is 0.261 e. The van der Waals surface area contributed by atoms with Gasteiger partial charge < -0.3 is 18.8 Å². The Kier molecular flexibility index (Phi) is 12.7. The van der Waals surface area contributed by atoms with Gasteiger partial charge in [-0.1, -0.05) is 101 Å². The first-order chi connectivity index (χ1) is 27.9. The van der Waals surface area contributed by atoms with E-state index in [9.17, 15) is 4.79 Å². The highest BCUT2D eigenvalue weighted by Gasteiger charge is 2.50. The molecule has 12 heteroatoms. The third-order valence-corrected chi connectivity index (χ3v) is 17.5. The van der Waals surface area contributed by atoms with Gasteiger partial charge in [0.1, 0.15) is 19.1 Å². The van der Waals surface area contributed by atoms with Crippen LogP contribution in [0.5, 0.6) is 11.6 Å². The lowest BCUT2D eigenvalue weighted by atomic mass is 10.1. The highest BCUT2D eigenvalue weighted by atomic mass is 28.4. The molecule has 0 atom stereocenters. The largest absolute Gasteiger partial charge is 0.439 e. The highest BCUT2D eigenvalue weighted by Crippen LogP contribution is 2.37. The molecule has 58 heavy (non-hydrogen) atoms. The minimum absolute atomic E-state index is 0.0465. The van der Waals surface area contributed by atoms with Gasteiger partial charge in [0.2, 0.25) is 11.8 Å². The molecule has 0 saturated carbocycles. The molecular weight excluding hydrogens is 757 g/mol. The number of benzene rings is 3. The van der Waals surface area contributed by atoms with Gasteiger partial charge in [0.05, 0.1) is 11.2 Å². The van der Waals surface area contributed by atoms with Crippen LogP contribution in [0.25, 0.3) is 22.2 Å². The maximum atomic E-state index is 13.7. The third kappa shape index (κ3) is 9.82. The minimum Gasteiger partial charge on any atom is -0.439 e. The summed E-state index contributed by atoms with van der Waals surface area (Å²) < 4.78 is 20.9. The molecule has 0 bridgehead atoms. The first-order valence-electron chi connectivity index (χ1n) is 20.3. The molecule has 0 spiro atoms. The Hall–Kier alpha value is -4.99. The van der Waals surface area contributed by atoms with Crippen LogP contribution in [-0.4, -0.2) is 91.2 Å². The molecule has 3 aromatic carbocycles. The molecule has 1 amide bonds. The van der Waals surface area contributed by atoms with Crippen molar-refractivity contribution in [2.75, 3.05) is 39.4 Å². The number of carbonyl (C=O) groups excluding carboxylic acids is 1. The molecule has 3 aromatic heterocycles. The molecule has 10 nitrogen and oxygen atoms in total. The van der Waals surface area contributed by atoms with Crippen molar-refractivity contribution in [1.82, 2.24) is 29.5 Å². The molecule has 1 saturated heterocycles. The van der Waals surface area contributed by atoms with Gasteiger partial charge in [0.25, 0.3) is 8.32 Å². The van der Waals surface area contributed by atoms with E-state index in [1.807, 2.05) is 64.3 Å². The molecule has 1 aliphatic heterocycles. The lowest BCUT2D eigenvalue weighted by Gasteiger charge is -2.43. The van der Waals surface area contributed by atoms with Crippen LogP contribution in [0, 0.1) is 0 Å². The van der Waals surface area contributed by atoms with E-state index in [4.69, 9.17) is 18.9 Å². The minimum atomic E-state index is -2.79. The molecule has 1 aliphatic rings. The number of ether oxygens (including phenoxy) is 2. The summed E-state index contributed by atoms with van der Waals surface area (Å²) in [5.74, 6) is 1.23. The van der Waals surface area contributed by atoms with Crippen molar-refractivity contribution in [3.8, 4) is 22.9 Å². The maximum absolute atomic E-state index is 13.7. The fourth-order valence-corrected chi connectivity index (χ4v) is 12.9. The Bertz CT molecular complexity index is 2230. The van der Waals surface area contributed by atoms with Crippen molar-refractivity contribution in [3.63, 3.8) is 0 Å². The summed E-state index contributed by atoms with van der Waals surface area (Å²) in [7, 11) is -3.94. The van der Waals surface area contributed by atoms with Crippen LogP contribution in [0.3, 0.4) is 0 Å². The Morgan fingerprint density at radius 3 is 2.14 bits per heavy atom. The predicted octanol–water partition coefficient (Wildman–Crippen LogP) is 7.82. The number of hydrogen-bond acceptors (Lipinski definition) is 8. The topological polar surface area (TPSA) is 94.8 Å². The molecule has 0 N–H and O–H groups in total. The predicted molar refractivity (Wildman–Crippen MR) is 237 cm³/mol. The second-order valence-electron chi connectivity index (χ2n) is 17.4. The lowest BCUT2D eigenvalue weighted by Crippen LogP contribution is -2.67. The second-order valence-corrected chi connectivity index (χ2v) is 27.3. The normalized spacial score (nSPS) is 14.2. The number of fused-ring (bicyclic) bond motifs is 1. The Labute approximate surface area is 344 Å². The number of aromatic nitrogens is 4. The fourth-order valence-electron chi connectivity index (χ4n) is 7.66. The van der Waals surface area contributed by atoms with Crippen LogP contribution in [0.1, 0.15) is 26.3 Å². The molecule has 4 heterocycles. The zero-order chi connectivity index (χ0) is 40.8. The van der Waals surface area contributed by atoms with Crippen LogP contribution >= 0.6 is 0 Å². The van der Waals surface area contributed by atoms with Gasteiger partial charge in [0, 0.05) is 89.1 Å². The van der Waals surface area contributed by atoms with Crippen molar-refractivity contribution in [2.24, 2.45) is 0 Å². The number of hydrogen-bond donors (Lipinski definition) is 0. The summed E-state index contributed by atoms with van der Waals surface area (Å²) in [4.78, 5) is 27.4. The van der Waals surface area contributed by atoms with E-state index in [2.05, 4.69) is 110 Å². The van der Waals surface area contributed by atoms with Gasteiger partial charge in [0.15, 0.2) is 0 Å². The monoisotopic (exact) mass is 812 g/mol. The first kappa shape index (κ1) is 41.2. The van der Waals surface area contributed by atoms with Crippen molar-refractivity contribution in [1.29, 1.82) is 0 Å². The van der Waals surface area contributed by atoms with E-state index < -0.39 is 16.4 Å². The molecule has 1 fully saturated rings. The molecule has 302 valence electrons. The van der Waals surface area contributed by atoms with Gasteiger partial charge in [-0.3, -0.25) is 14.7 Å². The summed E-state index contributed by atoms with van der Waals surface area (Å²) in [6.07, 6.45) is 5.52. The Balaban J connectivity index is 0.919. The van der Waals surface area contributed by atoms with Crippen molar-refractivity contribution >= 4 is 43.6 Å². The third-order valence-electron chi connectivity index (χ3n) is 10.9. The summed E-state index contributed by atoms with van der Waals surface area (Å²) >= 11 is 0. The zero-order valence-electron chi connectivity index (χ0n) is 34.7. The maximum Gasteiger partial charge on any atom is 0.261 e.